The van der Waals surface area contributed by atoms with E-state index >= 15 is 0 Å². The molecule has 0 atom stereocenters. The van der Waals surface area contributed by atoms with E-state index in [2.05, 4.69) is 5.32 Å². The van der Waals surface area contributed by atoms with Crippen LogP contribution in [-0.2, 0) is 27.6 Å². The van der Waals surface area contributed by atoms with Crippen molar-refractivity contribution in [2.24, 2.45) is 0 Å². The average molecular weight is 368 g/mol. The zero-order valence-corrected chi connectivity index (χ0v) is 14.5. The van der Waals surface area contributed by atoms with Gasteiger partial charge in [-0.2, -0.15) is 0 Å². The molecule has 9 heteroatoms. The highest BCUT2D eigenvalue weighted by Gasteiger charge is 2.20. The van der Waals surface area contributed by atoms with Crippen molar-refractivity contribution in [2.45, 2.75) is 24.8 Å². The van der Waals surface area contributed by atoms with Crippen LogP contribution in [0.1, 0.15) is 16.7 Å². The van der Waals surface area contributed by atoms with Crippen LogP contribution in [0.4, 0.5) is 5.69 Å². The summed E-state index contributed by atoms with van der Waals surface area (Å²) in [6.45, 7) is 2.31. The summed E-state index contributed by atoms with van der Waals surface area (Å²) in [6.07, 6.45) is 0.910. The third-order valence-electron chi connectivity index (χ3n) is 3.25. The molecule has 0 unspecified atom stereocenters. The third kappa shape index (κ3) is 4.62. The topological polar surface area (TPSA) is 106 Å². The molecule has 0 fully saturated rings. The van der Waals surface area contributed by atoms with E-state index in [0.717, 1.165) is 35.6 Å². The SMILES string of the molecule is CCc1ccc(CNC(=O)CS(=O)(=O)c2ccc([N+](=O)[O-])cc2)s1. The lowest BCUT2D eigenvalue weighted by atomic mass is 10.3. The Bertz CT molecular complexity index is 841. The number of non-ortho nitro benzene ring substituents is 1. The first-order chi connectivity index (χ1) is 11.3. The first kappa shape index (κ1) is 18.1. The summed E-state index contributed by atoms with van der Waals surface area (Å²) in [6, 6.07) is 8.33. The molecule has 0 saturated heterocycles. The van der Waals surface area contributed by atoms with E-state index in [-0.39, 0.29) is 17.1 Å². The van der Waals surface area contributed by atoms with Crippen LogP contribution in [0.5, 0.6) is 0 Å². The van der Waals surface area contributed by atoms with E-state index in [1.807, 2.05) is 19.1 Å². The van der Waals surface area contributed by atoms with Crippen LogP contribution >= 0.6 is 11.3 Å². The molecule has 0 spiro atoms. The fourth-order valence-electron chi connectivity index (χ4n) is 1.98. The molecule has 24 heavy (non-hydrogen) atoms. The number of hydrogen-bond acceptors (Lipinski definition) is 6. The van der Waals surface area contributed by atoms with Crippen LogP contribution in [0, 0.1) is 10.1 Å². The van der Waals surface area contributed by atoms with Crippen LogP contribution in [0.15, 0.2) is 41.3 Å². The highest BCUT2D eigenvalue weighted by Crippen LogP contribution is 2.18. The minimum absolute atomic E-state index is 0.118. The number of carbonyl (C=O) groups is 1. The summed E-state index contributed by atoms with van der Waals surface area (Å²) in [5.74, 6) is -1.31. The van der Waals surface area contributed by atoms with Gasteiger partial charge in [-0.05, 0) is 30.7 Å². The molecule has 1 aromatic heterocycles. The molecule has 0 aliphatic rings. The van der Waals surface area contributed by atoms with Crippen molar-refractivity contribution >= 4 is 32.8 Å². The van der Waals surface area contributed by atoms with E-state index in [4.69, 9.17) is 0 Å². The van der Waals surface area contributed by atoms with E-state index in [0.29, 0.717) is 0 Å². The Kier molecular flexibility index (Phi) is 5.68. The smallest absolute Gasteiger partial charge is 0.269 e. The molecule has 0 bridgehead atoms. The van der Waals surface area contributed by atoms with Crippen LogP contribution in [0.3, 0.4) is 0 Å². The molecular formula is C15H16N2O5S2. The van der Waals surface area contributed by atoms with Gasteiger partial charge in [0.2, 0.25) is 5.91 Å². The molecular weight excluding hydrogens is 352 g/mol. The molecule has 2 aromatic rings. The quantitative estimate of drug-likeness (QED) is 0.596. The number of benzene rings is 1. The Morgan fingerprint density at radius 1 is 1.17 bits per heavy atom. The maximum Gasteiger partial charge on any atom is 0.269 e. The number of nitrogens with zero attached hydrogens (tertiary/aromatic N) is 1. The van der Waals surface area contributed by atoms with Gasteiger partial charge in [-0.15, -0.1) is 11.3 Å². The number of rotatable bonds is 7. The highest BCUT2D eigenvalue weighted by atomic mass is 32.2. The van der Waals surface area contributed by atoms with Gasteiger partial charge in [0.1, 0.15) is 5.75 Å². The maximum atomic E-state index is 12.2. The number of nitro groups is 1. The van der Waals surface area contributed by atoms with Gasteiger partial charge in [-0.25, -0.2) is 8.42 Å². The molecule has 1 aromatic carbocycles. The highest BCUT2D eigenvalue weighted by molar-refractivity contribution is 7.92. The van der Waals surface area contributed by atoms with Crippen LogP contribution in [0.25, 0.3) is 0 Å². The van der Waals surface area contributed by atoms with E-state index in [9.17, 15) is 23.3 Å². The number of nitrogens with one attached hydrogen (secondary N) is 1. The van der Waals surface area contributed by atoms with Crippen molar-refractivity contribution in [1.29, 1.82) is 0 Å². The van der Waals surface area contributed by atoms with Crippen molar-refractivity contribution in [3.63, 3.8) is 0 Å². The van der Waals surface area contributed by atoms with Gasteiger partial charge in [0.25, 0.3) is 5.69 Å². The number of aryl methyl sites for hydroxylation is 1. The summed E-state index contributed by atoms with van der Waals surface area (Å²) in [4.78, 5) is 23.8. The fourth-order valence-corrected chi connectivity index (χ4v) is 4.04. The first-order valence-electron chi connectivity index (χ1n) is 7.13. The zero-order valence-electron chi connectivity index (χ0n) is 12.9. The molecule has 0 radical (unpaired) electrons. The summed E-state index contributed by atoms with van der Waals surface area (Å²) < 4.78 is 24.3. The number of nitro benzene ring substituents is 1. The number of hydrogen-bond donors (Lipinski definition) is 1. The summed E-state index contributed by atoms with van der Waals surface area (Å²) in [5.41, 5.74) is -0.206. The second-order valence-corrected chi connectivity index (χ2v) is 8.25. The molecule has 0 aliphatic heterocycles. The van der Waals surface area contributed by atoms with E-state index in [1.54, 1.807) is 11.3 Å². The predicted molar refractivity (Wildman–Crippen MR) is 90.7 cm³/mol. The lowest BCUT2D eigenvalue weighted by Gasteiger charge is -2.05. The Morgan fingerprint density at radius 2 is 1.79 bits per heavy atom. The van der Waals surface area contributed by atoms with Gasteiger partial charge in [0.15, 0.2) is 9.84 Å². The Balaban J connectivity index is 1.97. The Labute approximate surface area is 143 Å². The van der Waals surface area contributed by atoms with Crippen molar-refractivity contribution < 1.29 is 18.1 Å². The van der Waals surface area contributed by atoms with Crippen molar-refractivity contribution in [3.8, 4) is 0 Å². The van der Waals surface area contributed by atoms with E-state index < -0.39 is 26.4 Å². The second-order valence-electron chi connectivity index (χ2n) is 5.01. The summed E-state index contributed by atoms with van der Waals surface area (Å²) in [7, 11) is -3.84. The van der Waals surface area contributed by atoms with Gasteiger partial charge in [0, 0.05) is 21.9 Å². The molecule has 1 amide bonds. The first-order valence-corrected chi connectivity index (χ1v) is 9.60. The lowest BCUT2D eigenvalue weighted by molar-refractivity contribution is -0.384. The Morgan fingerprint density at radius 3 is 2.33 bits per heavy atom. The second kappa shape index (κ2) is 7.54. The molecule has 1 heterocycles. The molecule has 1 N–H and O–H groups in total. The van der Waals surface area contributed by atoms with Crippen LogP contribution in [-0.4, -0.2) is 25.0 Å². The normalized spacial score (nSPS) is 11.2. The average Bonchev–Trinajstić information content (AvgIpc) is 3.00. The van der Waals surface area contributed by atoms with E-state index in [1.165, 1.54) is 4.88 Å². The third-order valence-corrected chi connectivity index (χ3v) is 6.12. The monoisotopic (exact) mass is 368 g/mol. The van der Waals surface area contributed by atoms with Gasteiger partial charge in [0.05, 0.1) is 16.4 Å². The number of thiophene rings is 1. The largest absolute Gasteiger partial charge is 0.350 e. The minimum atomic E-state index is -3.84. The fraction of sp³-hybridized carbons (Fsp3) is 0.267. The maximum absolute atomic E-state index is 12.2. The van der Waals surface area contributed by atoms with Gasteiger partial charge in [-0.3, -0.25) is 14.9 Å². The molecule has 128 valence electrons. The van der Waals surface area contributed by atoms with Gasteiger partial charge in [-0.1, -0.05) is 6.92 Å². The predicted octanol–water partition coefficient (Wildman–Crippen LogP) is 2.31. The van der Waals surface area contributed by atoms with Gasteiger partial charge < -0.3 is 5.32 Å². The number of sulfone groups is 1. The van der Waals surface area contributed by atoms with Crippen LogP contribution in [0.2, 0.25) is 0 Å². The van der Waals surface area contributed by atoms with Crippen molar-refractivity contribution in [2.75, 3.05) is 5.75 Å². The summed E-state index contributed by atoms with van der Waals surface area (Å²) in [5, 5.41) is 13.2. The van der Waals surface area contributed by atoms with Crippen LogP contribution < -0.4 is 5.32 Å². The number of carbonyl (C=O) groups excluding carboxylic acids is 1. The molecule has 0 saturated carbocycles. The molecule has 2 rings (SSSR count). The van der Waals surface area contributed by atoms with Gasteiger partial charge >= 0.3 is 0 Å². The standard InChI is InChI=1S/C15H16N2O5S2/c1-2-12-5-6-13(23-12)9-16-15(18)10-24(21,22)14-7-3-11(4-8-14)17(19)20/h3-8H,2,9-10H2,1H3,(H,16,18). The molecule has 7 nitrogen and oxygen atoms in total. The lowest BCUT2D eigenvalue weighted by Crippen LogP contribution is -2.29. The Hall–Kier alpha value is -2.26. The minimum Gasteiger partial charge on any atom is -0.350 e. The molecule has 0 aliphatic carbocycles. The van der Waals surface area contributed by atoms with Crippen molar-refractivity contribution in [1.82, 2.24) is 5.32 Å². The van der Waals surface area contributed by atoms with Crippen molar-refractivity contribution in [3.05, 3.63) is 56.3 Å². The summed E-state index contributed by atoms with van der Waals surface area (Å²) >= 11 is 1.57. The number of amides is 1. The zero-order chi connectivity index (χ0) is 17.7.